The number of ether oxygens (including phenoxy) is 2. The fourth-order valence-electron chi connectivity index (χ4n) is 8.34. The number of carbonyl (C=O) groups excluding carboxylic acids is 2. The van der Waals surface area contributed by atoms with Gasteiger partial charge in [-0.3, -0.25) is 0 Å². The summed E-state index contributed by atoms with van der Waals surface area (Å²) in [5, 5.41) is 0. The number of hydrogen-bond donors (Lipinski definition) is 0. The first-order valence-electron chi connectivity index (χ1n) is 26.1. The second kappa shape index (κ2) is 43.5. The Morgan fingerprint density at radius 2 is 0.466 bits per heavy atom. The van der Waals surface area contributed by atoms with Crippen LogP contribution in [0.3, 0.4) is 0 Å². The second-order valence-electron chi connectivity index (χ2n) is 18.5. The minimum Gasteiger partial charge on any atom is -0.419 e. The van der Waals surface area contributed by atoms with Crippen molar-refractivity contribution in [1.82, 2.24) is 0 Å². The summed E-state index contributed by atoms with van der Waals surface area (Å²) in [5.41, 5.74) is 0.663. The molecule has 0 fully saturated rings. The van der Waals surface area contributed by atoms with Crippen molar-refractivity contribution in [2.45, 2.75) is 310 Å². The van der Waals surface area contributed by atoms with Gasteiger partial charge in [-0.2, -0.15) is 0 Å². The molecule has 0 bridgehead atoms. The van der Waals surface area contributed by atoms with Crippen molar-refractivity contribution in [2.24, 2.45) is 0 Å². The molecular weight excluding hydrogens is 713 g/mol. The smallest absolute Gasteiger partial charge is 0.336 e. The lowest BCUT2D eigenvalue weighted by Gasteiger charge is -2.33. The molecule has 0 heterocycles. The van der Waals surface area contributed by atoms with E-state index in [0.29, 0.717) is 24.0 Å². The van der Waals surface area contributed by atoms with Gasteiger partial charge in [0.25, 0.3) is 5.79 Å². The van der Waals surface area contributed by atoms with Crippen LogP contribution in [0.5, 0.6) is 0 Å². The van der Waals surface area contributed by atoms with Crippen LogP contribution in [0, 0.1) is 0 Å². The summed E-state index contributed by atoms with van der Waals surface area (Å²) in [6, 6.07) is 0. The van der Waals surface area contributed by atoms with Crippen LogP contribution in [0.1, 0.15) is 304 Å². The highest BCUT2D eigenvalue weighted by Gasteiger charge is 2.38. The Bertz CT molecular complexity index is 909. The quantitative estimate of drug-likeness (QED) is 0.0266. The monoisotopic (exact) mass is 815 g/mol. The van der Waals surface area contributed by atoms with E-state index < -0.39 is 17.7 Å². The van der Waals surface area contributed by atoms with Crippen LogP contribution in [0.25, 0.3) is 0 Å². The molecule has 0 atom stereocenters. The fraction of sp³-hybridized carbons (Fsp3) is 0.889. The third-order valence-corrected chi connectivity index (χ3v) is 12.3. The summed E-state index contributed by atoms with van der Waals surface area (Å²) in [6.45, 7) is 15.5. The summed E-state index contributed by atoms with van der Waals surface area (Å²) in [7, 11) is 0. The summed E-state index contributed by atoms with van der Waals surface area (Å²) in [5.74, 6) is -2.20. The molecular formula is C54H102O4. The van der Waals surface area contributed by atoms with Crippen LogP contribution in [0.15, 0.2) is 24.3 Å². The zero-order valence-corrected chi connectivity index (χ0v) is 40.0. The third-order valence-electron chi connectivity index (χ3n) is 12.3. The summed E-state index contributed by atoms with van der Waals surface area (Å²) in [6.07, 6.45) is 55.9. The Hall–Kier alpha value is -1.58. The molecule has 0 radical (unpaired) electrons. The topological polar surface area (TPSA) is 52.6 Å². The van der Waals surface area contributed by atoms with Gasteiger partial charge in [-0.15, -0.1) is 0 Å². The molecule has 0 aromatic heterocycles. The molecule has 0 N–H and O–H groups in total. The van der Waals surface area contributed by atoms with Gasteiger partial charge < -0.3 is 9.47 Å². The van der Waals surface area contributed by atoms with E-state index in [1.807, 2.05) is 0 Å². The van der Waals surface area contributed by atoms with Crippen molar-refractivity contribution >= 4 is 11.9 Å². The average molecular weight is 815 g/mol. The molecule has 4 heteroatoms. The predicted molar refractivity (Wildman–Crippen MR) is 254 cm³/mol. The van der Waals surface area contributed by atoms with Crippen molar-refractivity contribution in [1.29, 1.82) is 0 Å². The molecule has 0 spiro atoms. The first kappa shape index (κ1) is 56.4. The molecule has 0 aliphatic carbocycles. The number of rotatable bonds is 47. The first-order valence-corrected chi connectivity index (χ1v) is 26.1. The molecule has 0 saturated heterocycles. The third kappa shape index (κ3) is 38.6. The van der Waals surface area contributed by atoms with Gasteiger partial charge in [0.15, 0.2) is 0 Å². The summed E-state index contributed by atoms with van der Waals surface area (Å²) < 4.78 is 12.0. The van der Waals surface area contributed by atoms with Crippen LogP contribution >= 0.6 is 0 Å². The molecule has 4 nitrogen and oxygen atoms in total. The molecule has 0 aromatic rings. The highest BCUT2D eigenvalue weighted by molar-refractivity contribution is 5.89. The van der Waals surface area contributed by atoms with E-state index in [9.17, 15) is 9.59 Å². The lowest BCUT2D eigenvalue weighted by atomic mass is 9.98. The average Bonchev–Trinajstić information content (AvgIpc) is 3.20. The largest absolute Gasteiger partial charge is 0.419 e. The van der Waals surface area contributed by atoms with E-state index in [1.165, 1.54) is 225 Å². The van der Waals surface area contributed by atoms with Gasteiger partial charge in [0.05, 0.1) is 0 Å². The van der Waals surface area contributed by atoms with E-state index in [4.69, 9.17) is 9.47 Å². The highest BCUT2D eigenvalue weighted by Crippen LogP contribution is 2.31. The standard InChI is InChI=1S/C54H102O4/c1-7-9-11-13-15-17-19-21-23-25-27-29-31-33-35-37-39-41-43-45-47-49-54(57-52(55)50(3)4,58-53(56)51(5)6)48-46-44-42-40-38-36-34-32-30-28-26-24-22-20-18-16-14-12-10-8-2/h3,5,7-49H2,1-2,4,6H3. The number of esters is 2. The van der Waals surface area contributed by atoms with Gasteiger partial charge in [-0.25, -0.2) is 9.59 Å². The van der Waals surface area contributed by atoms with E-state index in [-0.39, 0.29) is 0 Å². The van der Waals surface area contributed by atoms with Crippen LogP contribution < -0.4 is 0 Å². The van der Waals surface area contributed by atoms with Crippen molar-refractivity contribution in [3.05, 3.63) is 24.3 Å². The van der Waals surface area contributed by atoms with Crippen LogP contribution in [-0.4, -0.2) is 17.7 Å². The van der Waals surface area contributed by atoms with E-state index in [1.54, 1.807) is 13.8 Å². The minimum absolute atomic E-state index is 0.332. The Labute approximate surface area is 363 Å². The van der Waals surface area contributed by atoms with Crippen molar-refractivity contribution in [2.75, 3.05) is 0 Å². The van der Waals surface area contributed by atoms with Gasteiger partial charge in [0, 0.05) is 24.0 Å². The van der Waals surface area contributed by atoms with Crippen molar-refractivity contribution < 1.29 is 19.1 Å². The maximum atomic E-state index is 12.8. The van der Waals surface area contributed by atoms with Crippen LogP contribution in [0.4, 0.5) is 0 Å². The Morgan fingerprint density at radius 1 is 0.310 bits per heavy atom. The van der Waals surface area contributed by atoms with Gasteiger partial charge in [-0.05, 0) is 26.7 Å². The minimum atomic E-state index is -1.24. The molecule has 0 aromatic carbocycles. The molecule has 0 aliphatic rings. The second-order valence-corrected chi connectivity index (χ2v) is 18.5. The lowest BCUT2D eigenvalue weighted by molar-refractivity contribution is -0.229. The van der Waals surface area contributed by atoms with Gasteiger partial charge in [0.1, 0.15) is 0 Å². The maximum absolute atomic E-state index is 12.8. The number of hydrogen-bond acceptors (Lipinski definition) is 4. The molecule has 0 amide bonds. The normalized spacial score (nSPS) is 11.6. The maximum Gasteiger partial charge on any atom is 0.336 e. The molecule has 0 rings (SSSR count). The first-order chi connectivity index (χ1) is 28.3. The zero-order valence-electron chi connectivity index (χ0n) is 40.0. The summed E-state index contributed by atoms with van der Waals surface area (Å²) in [4.78, 5) is 25.6. The lowest BCUT2D eigenvalue weighted by Crippen LogP contribution is -2.40. The molecule has 0 unspecified atom stereocenters. The number of unbranched alkanes of at least 4 members (excludes halogenated alkanes) is 39. The molecule has 0 saturated carbocycles. The summed E-state index contributed by atoms with van der Waals surface area (Å²) >= 11 is 0. The van der Waals surface area contributed by atoms with Crippen LogP contribution in [0.2, 0.25) is 0 Å². The fourth-order valence-corrected chi connectivity index (χ4v) is 8.34. The Morgan fingerprint density at radius 3 is 0.621 bits per heavy atom. The van der Waals surface area contributed by atoms with E-state index in [2.05, 4.69) is 27.0 Å². The Balaban J connectivity index is 4.20. The van der Waals surface area contributed by atoms with Gasteiger partial charge in [-0.1, -0.05) is 277 Å². The Kier molecular flexibility index (Phi) is 42.3. The predicted octanol–water partition coefficient (Wildman–Crippen LogP) is 18.7. The highest BCUT2D eigenvalue weighted by atomic mass is 16.7. The molecule has 342 valence electrons. The van der Waals surface area contributed by atoms with E-state index in [0.717, 1.165) is 38.5 Å². The van der Waals surface area contributed by atoms with Crippen molar-refractivity contribution in [3.63, 3.8) is 0 Å². The zero-order chi connectivity index (χ0) is 42.6. The van der Waals surface area contributed by atoms with Crippen molar-refractivity contribution in [3.8, 4) is 0 Å². The van der Waals surface area contributed by atoms with Gasteiger partial charge in [0.2, 0.25) is 0 Å². The molecule has 58 heavy (non-hydrogen) atoms. The SMILES string of the molecule is C=C(C)C(=O)OC(CCCCCCCCCCCCCCCCCCCCCC)(CCCCCCCCCCCCCCCCCCCCCCC)OC(=O)C(=C)C. The number of carbonyl (C=O) groups is 2. The van der Waals surface area contributed by atoms with E-state index >= 15 is 0 Å². The van der Waals surface area contributed by atoms with Crippen LogP contribution in [-0.2, 0) is 19.1 Å². The molecule has 0 aliphatic heterocycles. The van der Waals surface area contributed by atoms with Gasteiger partial charge >= 0.3 is 11.9 Å².